The molecule has 4 aromatic rings. The van der Waals surface area contributed by atoms with Crippen molar-refractivity contribution in [3.63, 3.8) is 0 Å². The van der Waals surface area contributed by atoms with Crippen LogP contribution >= 0.6 is 0 Å². The third kappa shape index (κ3) is 2.45. The van der Waals surface area contributed by atoms with Gasteiger partial charge in [0.1, 0.15) is 11.6 Å². The van der Waals surface area contributed by atoms with E-state index in [0.717, 1.165) is 60.5 Å². The van der Waals surface area contributed by atoms with Crippen LogP contribution in [0.2, 0.25) is 0 Å². The lowest BCUT2D eigenvalue weighted by Crippen LogP contribution is -2.47. The summed E-state index contributed by atoms with van der Waals surface area (Å²) in [6.45, 7) is 7.67. The van der Waals surface area contributed by atoms with E-state index in [0.29, 0.717) is 0 Å². The second kappa shape index (κ2) is 5.69. The van der Waals surface area contributed by atoms with Crippen LogP contribution in [0.1, 0.15) is 11.4 Å². The molecule has 0 bridgehead atoms. The van der Waals surface area contributed by atoms with E-state index in [2.05, 4.69) is 37.0 Å². The zero-order chi connectivity index (χ0) is 17.7. The van der Waals surface area contributed by atoms with Gasteiger partial charge in [-0.1, -0.05) is 0 Å². The van der Waals surface area contributed by atoms with Crippen LogP contribution in [0.15, 0.2) is 36.7 Å². The van der Waals surface area contributed by atoms with Gasteiger partial charge >= 0.3 is 0 Å². The fraction of sp³-hybridized carbons (Fsp3) is 0.333. The van der Waals surface area contributed by atoms with Crippen molar-refractivity contribution in [3.05, 3.63) is 48.0 Å². The van der Waals surface area contributed by atoms with Crippen molar-refractivity contribution in [1.29, 1.82) is 0 Å². The molecular weight excluding hydrogens is 328 g/mol. The normalized spacial score (nSPS) is 15.3. The summed E-state index contributed by atoms with van der Waals surface area (Å²) in [6, 6.07) is 8.13. The van der Waals surface area contributed by atoms with Crippen molar-refractivity contribution in [2.75, 3.05) is 36.0 Å². The Labute approximate surface area is 150 Å². The number of anilines is 2. The number of aromatic nitrogens is 6. The minimum Gasteiger partial charge on any atom is -0.353 e. The maximum Gasteiger partial charge on any atom is 0.157 e. The van der Waals surface area contributed by atoms with Gasteiger partial charge in [0.15, 0.2) is 11.3 Å². The molecule has 1 saturated heterocycles. The average molecular weight is 348 g/mol. The monoisotopic (exact) mass is 348 g/mol. The minimum atomic E-state index is 0.887. The van der Waals surface area contributed by atoms with Crippen molar-refractivity contribution in [3.8, 4) is 0 Å². The summed E-state index contributed by atoms with van der Waals surface area (Å²) < 4.78 is 3.78. The Hall–Kier alpha value is -3.16. The number of piperazine rings is 1. The summed E-state index contributed by atoms with van der Waals surface area (Å²) in [7, 11) is 0. The summed E-state index contributed by atoms with van der Waals surface area (Å²) in [5.41, 5.74) is 3.78. The predicted octanol–water partition coefficient (Wildman–Crippen LogP) is 1.72. The molecule has 0 unspecified atom stereocenters. The van der Waals surface area contributed by atoms with E-state index in [1.54, 1.807) is 6.20 Å². The molecule has 5 rings (SSSR count). The summed E-state index contributed by atoms with van der Waals surface area (Å²) in [4.78, 5) is 13.7. The molecule has 4 aromatic heterocycles. The zero-order valence-corrected chi connectivity index (χ0v) is 14.9. The standard InChI is InChI=1S/C18H20N8/c1-13-11-18(26-16(20-13)5-6-19-26)24-9-7-23(8-10-24)17-4-3-15-21-14(2)12-25(15)22-17/h3-6,11-12H,7-10H2,1-2H3. The maximum absolute atomic E-state index is 4.71. The van der Waals surface area contributed by atoms with Crippen LogP contribution in [-0.4, -0.2) is 55.4 Å². The van der Waals surface area contributed by atoms with Crippen LogP contribution in [0.3, 0.4) is 0 Å². The van der Waals surface area contributed by atoms with E-state index in [-0.39, 0.29) is 0 Å². The molecule has 26 heavy (non-hydrogen) atoms. The molecule has 132 valence electrons. The highest BCUT2D eigenvalue weighted by Gasteiger charge is 2.21. The number of aryl methyl sites for hydroxylation is 2. The van der Waals surface area contributed by atoms with Crippen LogP contribution in [0.4, 0.5) is 11.6 Å². The fourth-order valence-corrected chi connectivity index (χ4v) is 3.57. The van der Waals surface area contributed by atoms with Crippen molar-refractivity contribution in [2.45, 2.75) is 13.8 Å². The molecule has 8 nitrogen and oxygen atoms in total. The lowest BCUT2D eigenvalue weighted by Gasteiger charge is -2.36. The quantitative estimate of drug-likeness (QED) is 0.549. The number of rotatable bonds is 2. The lowest BCUT2D eigenvalue weighted by atomic mass is 10.3. The maximum atomic E-state index is 4.71. The second-order valence-corrected chi connectivity index (χ2v) is 6.71. The van der Waals surface area contributed by atoms with E-state index < -0.39 is 0 Å². The molecule has 0 spiro atoms. The smallest absolute Gasteiger partial charge is 0.157 e. The number of imidazole rings is 1. The molecule has 0 aliphatic carbocycles. The van der Waals surface area contributed by atoms with Crippen molar-refractivity contribution < 1.29 is 0 Å². The van der Waals surface area contributed by atoms with Gasteiger partial charge in [-0.2, -0.15) is 9.61 Å². The van der Waals surface area contributed by atoms with Crippen LogP contribution in [0, 0.1) is 13.8 Å². The Morgan fingerprint density at radius 1 is 0.846 bits per heavy atom. The molecule has 0 saturated carbocycles. The first kappa shape index (κ1) is 15.1. The average Bonchev–Trinajstić information content (AvgIpc) is 3.25. The first-order valence-electron chi connectivity index (χ1n) is 8.82. The van der Waals surface area contributed by atoms with Gasteiger partial charge < -0.3 is 9.80 Å². The summed E-state index contributed by atoms with van der Waals surface area (Å²) in [5.74, 6) is 2.09. The van der Waals surface area contributed by atoms with Gasteiger partial charge in [-0.15, -0.1) is 5.10 Å². The molecule has 0 aromatic carbocycles. The highest BCUT2D eigenvalue weighted by Crippen LogP contribution is 2.21. The SMILES string of the molecule is Cc1cn2nc(N3CCN(c4cc(C)nc5ccnn45)CC3)ccc2n1. The Kier molecular flexibility index (Phi) is 3.31. The van der Waals surface area contributed by atoms with Gasteiger partial charge in [-0.05, 0) is 26.0 Å². The topological polar surface area (TPSA) is 66.9 Å². The van der Waals surface area contributed by atoms with Gasteiger partial charge in [-0.25, -0.2) is 14.5 Å². The summed E-state index contributed by atoms with van der Waals surface area (Å²) in [6.07, 6.45) is 3.76. The molecular formula is C18H20N8. The molecule has 8 heteroatoms. The molecule has 1 aliphatic heterocycles. The van der Waals surface area contributed by atoms with Gasteiger partial charge in [0.2, 0.25) is 0 Å². The van der Waals surface area contributed by atoms with Crippen molar-refractivity contribution in [1.82, 2.24) is 29.2 Å². The first-order chi connectivity index (χ1) is 12.7. The molecule has 5 heterocycles. The van der Waals surface area contributed by atoms with Crippen LogP contribution < -0.4 is 9.80 Å². The third-order valence-corrected chi connectivity index (χ3v) is 4.82. The summed E-state index contributed by atoms with van der Waals surface area (Å²) in [5, 5.41) is 9.13. The first-order valence-corrected chi connectivity index (χ1v) is 8.82. The van der Waals surface area contributed by atoms with Gasteiger partial charge in [0.05, 0.1) is 18.1 Å². The van der Waals surface area contributed by atoms with Crippen LogP contribution in [0.5, 0.6) is 0 Å². The fourth-order valence-electron chi connectivity index (χ4n) is 3.57. The highest BCUT2D eigenvalue weighted by molar-refractivity contribution is 5.53. The van der Waals surface area contributed by atoms with E-state index in [1.807, 2.05) is 41.2 Å². The Morgan fingerprint density at radius 2 is 1.62 bits per heavy atom. The molecule has 0 amide bonds. The van der Waals surface area contributed by atoms with Crippen molar-refractivity contribution >= 4 is 22.9 Å². The molecule has 0 N–H and O–H groups in total. The number of fused-ring (bicyclic) bond motifs is 2. The number of hydrogen-bond acceptors (Lipinski definition) is 6. The second-order valence-electron chi connectivity index (χ2n) is 6.71. The largest absolute Gasteiger partial charge is 0.353 e. The van der Waals surface area contributed by atoms with E-state index in [9.17, 15) is 0 Å². The van der Waals surface area contributed by atoms with E-state index in [4.69, 9.17) is 5.10 Å². The molecule has 0 radical (unpaired) electrons. The zero-order valence-electron chi connectivity index (χ0n) is 14.9. The van der Waals surface area contributed by atoms with Crippen molar-refractivity contribution in [2.24, 2.45) is 0 Å². The van der Waals surface area contributed by atoms with E-state index in [1.165, 1.54) is 0 Å². The summed E-state index contributed by atoms with van der Waals surface area (Å²) >= 11 is 0. The van der Waals surface area contributed by atoms with Crippen LogP contribution in [-0.2, 0) is 0 Å². The minimum absolute atomic E-state index is 0.887. The molecule has 1 fully saturated rings. The Bertz CT molecular complexity index is 1090. The van der Waals surface area contributed by atoms with Gasteiger partial charge in [0.25, 0.3) is 0 Å². The van der Waals surface area contributed by atoms with Crippen LogP contribution in [0.25, 0.3) is 11.3 Å². The molecule has 1 aliphatic rings. The van der Waals surface area contributed by atoms with Gasteiger partial charge in [-0.3, -0.25) is 0 Å². The van der Waals surface area contributed by atoms with Gasteiger partial charge in [0, 0.05) is 44.0 Å². The third-order valence-electron chi connectivity index (χ3n) is 4.82. The Morgan fingerprint density at radius 3 is 2.46 bits per heavy atom. The number of hydrogen-bond donors (Lipinski definition) is 0. The number of nitrogens with zero attached hydrogens (tertiary/aromatic N) is 8. The lowest BCUT2D eigenvalue weighted by molar-refractivity contribution is 0.628. The molecule has 0 atom stereocenters. The van der Waals surface area contributed by atoms with E-state index >= 15 is 0 Å². The Balaban J connectivity index is 1.38. The predicted molar refractivity (Wildman–Crippen MR) is 99.9 cm³/mol. The highest BCUT2D eigenvalue weighted by atomic mass is 15.4.